The van der Waals surface area contributed by atoms with Crippen LogP contribution in [0.5, 0.6) is 0 Å². The summed E-state index contributed by atoms with van der Waals surface area (Å²) in [6.45, 7) is 12.5. The predicted octanol–water partition coefficient (Wildman–Crippen LogP) is 5.50. The fraction of sp³-hybridized carbons (Fsp3) is 0.900. The molecule has 1 nitrogen and oxygen atoms in total. The zero-order valence-corrected chi connectivity index (χ0v) is 14.6. The maximum absolute atomic E-state index is 6.02. The molecule has 118 valence electrons. The normalized spacial score (nSPS) is 54.6. The Labute approximate surface area is 130 Å². The largest absolute Gasteiger partial charge is 0.366 e. The molecule has 0 bridgehead atoms. The maximum atomic E-state index is 6.02. The van der Waals surface area contributed by atoms with Gasteiger partial charge in [-0.2, -0.15) is 0 Å². The number of epoxide rings is 1. The van der Waals surface area contributed by atoms with Crippen molar-refractivity contribution in [2.24, 2.45) is 22.2 Å². The van der Waals surface area contributed by atoms with Crippen LogP contribution < -0.4 is 0 Å². The van der Waals surface area contributed by atoms with E-state index in [4.69, 9.17) is 4.74 Å². The van der Waals surface area contributed by atoms with Crippen molar-refractivity contribution in [3.05, 3.63) is 11.6 Å². The lowest BCUT2D eigenvalue weighted by atomic mass is 9.45. The Hall–Kier alpha value is -0.300. The lowest BCUT2D eigenvalue weighted by Crippen LogP contribution is -2.50. The van der Waals surface area contributed by atoms with E-state index in [-0.39, 0.29) is 5.60 Å². The number of hydrogen-bond donors (Lipinski definition) is 0. The van der Waals surface area contributed by atoms with E-state index in [1.165, 1.54) is 38.5 Å². The molecule has 1 saturated heterocycles. The fourth-order valence-electron chi connectivity index (χ4n) is 6.57. The summed E-state index contributed by atoms with van der Waals surface area (Å²) in [6.07, 6.45) is 12.6. The minimum Gasteiger partial charge on any atom is -0.366 e. The smallest absolute Gasteiger partial charge is 0.0955 e. The Morgan fingerprint density at radius 2 is 1.81 bits per heavy atom. The molecule has 21 heavy (non-hydrogen) atoms. The number of rotatable bonds is 0. The van der Waals surface area contributed by atoms with Crippen LogP contribution in [0.1, 0.15) is 79.6 Å². The average Bonchev–Trinajstić information content (AvgIpc) is 2.97. The van der Waals surface area contributed by atoms with Crippen molar-refractivity contribution in [2.45, 2.75) is 91.3 Å². The van der Waals surface area contributed by atoms with E-state index in [0.29, 0.717) is 22.3 Å². The van der Waals surface area contributed by atoms with Gasteiger partial charge in [-0.05, 0) is 67.6 Å². The van der Waals surface area contributed by atoms with Crippen LogP contribution >= 0.6 is 0 Å². The Balaban J connectivity index is 1.77. The minimum atomic E-state index is 0.170. The highest BCUT2D eigenvalue weighted by Crippen LogP contribution is 2.67. The van der Waals surface area contributed by atoms with Crippen LogP contribution in [0.25, 0.3) is 0 Å². The second kappa shape index (κ2) is 3.96. The molecule has 0 aromatic rings. The van der Waals surface area contributed by atoms with Crippen LogP contribution in [0.3, 0.4) is 0 Å². The van der Waals surface area contributed by atoms with Gasteiger partial charge >= 0.3 is 0 Å². The first-order chi connectivity index (χ1) is 9.70. The molecule has 0 aromatic carbocycles. The standard InChI is InChI=1S/C20H32O/c1-17(2)9-6-10-19(4)14(17)7-11-18(3)13-16-20(5,21-16)12-8-15(18)19/h8,14,16H,6-7,9-13H2,1-5H3/t14-,16+,18-,19-,20-/m0/s1. The number of ether oxygens (including phenoxy) is 1. The first-order valence-corrected chi connectivity index (χ1v) is 9.09. The minimum absolute atomic E-state index is 0.170. The van der Waals surface area contributed by atoms with Crippen LogP contribution in [0.4, 0.5) is 0 Å². The van der Waals surface area contributed by atoms with Gasteiger partial charge in [0.1, 0.15) is 0 Å². The molecule has 1 heterocycles. The van der Waals surface area contributed by atoms with Crippen molar-refractivity contribution in [3.63, 3.8) is 0 Å². The monoisotopic (exact) mass is 288 g/mol. The second-order valence-corrected chi connectivity index (χ2v) is 9.86. The first kappa shape index (κ1) is 14.3. The first-order valence-electron chi connectivity index (χ1n) is 9.09. The number of fused-ring (bicyclic) bond motifs is 4. The third kappa shape index (κ3) is 1.85. The van der Waals surface area contributed by atoms with Gasteiger partial charge in [0, 0.05) is 0 Å². The summed E-state index contributed by atoms with van der Waals surface area (Å²) in [4.78, 5) is 0. The van der Waals surface area contributed by atoms with E-state index in [2.05, 4.69) is 40.7 Å². The zero-order chi connectivity index (χ0) is 15.1. The van der Waals surface area contributed by atoms with Crippen molar-refractivity contribution >= 4 is 0 Å². The molecule has 1 aliphatic heterocycles. The van der Waals surface area contributed by atoms with Gasteiger partial charge in [-0.15, -0.1) is 0 Å². The number of hydrogen-bond acceptors (Lipinski definition) is 1. The molecule has 5 atom stereocenters. The quantitative estimate of drug-likeness (QED) is 0.424. The highest BCUT2D eigenvalue weighted by molar-refractivity contribution is 5.32. The van der Waals surface area contributed by atoms with E-state index in [1.54, 1.807) is 0 Å². The van der Waals surface area contributed by atoms with Gasteiger partial charge in [-0.1, -0.05) is 45.8 Å². The number of allylic oxidation sites excluding steroid dienone is 1. The molecule has 0 N–H and O–H groups in total. The molecule has 1 heteroatoms. The Bertz CT molecular complexity index is 504. The summed E-state index contributed by atoms with van der Waals surface area (Å²) >= 11 is 0. The van der Waals surface area contributed by atoms with Gasteiger partial charge in [-0.3, -0.25) is 0 Å². The van der Waals surface area contributed by atoms with E-state index in [1.807, 2.05) is 5.57 Å². The topological polar surface area (TPSA) is 12.5 Å². The maximum Gasteiger partial charge on any atom is 0.0955 e. The summed E-state index contributed by atoms with van der Waals surface area (Å²) in [5, 5.41) is 0. The molecule has 4 rings (SSSR count). The van der Waals surface area contributed by atoms with E-state index in [0.717, 1.165) is 12.3 Å². The van der Waals surface area contributed by atoms with Gasteiger partial charge in [0.25, 0.3) is 0 Å². The summed E-state index contributed by atoms with van der Waals surface area (Å²) in [7, 11) is 0. The van der Waals surface area contributed by atoms with E-state index < -0.39 is 0 Å². The molecule has 0 radical (unpaired) electrons. The lowest BCUT2D eigenvalue weighted by molar-refractivity contribution is -0.0286. The van der Waals surface area contributed by atoms with Gasteiger partial charge in [-0.25, -0.2) is 0 Å². The van der Waals surface area contributed by atoms with Crippen LogP contribution in [-0.4, -0.2) is 11.7 Å². The fourth-order valence-corrected chi connectivity index (χ4v) is 6.57. The Kier molecular flexibility index (Phi) is 2.70. The van der Waals surface area contributed by atoms with Crippen LogP contribution in [-0.2, 0) is 4.74 Å². The predicted molar refractivity (Wildman–Crippen MR) is 87.2 cm³/mol. The van der Waals surface area contributed by atoms with Gasteiger partial charge in [0.05, 0.1) is 11.7 Å². The molecule has 0 amide bonds. The van der Waals surface area contributed by atoms with Crippen LogP contribution in [0.15, 0.2) is 11.6 Å². The third-order valence-corrected chi connectivity index (χ3v) is 7.86. The molecular formula is C20H32O. The summed E-state index contributed by atoms with van der Waals surface area (Å²) in [5.74, 6) is 0.876. The summed E-state index contributed by atoms with van der Waals surface area (Å²) < 4.78 is 6.02. The van der Waals surface area contributed by atoms with Gasteiger partial charge in [0.2, 0.25) is 0 Å². The molecular weight excluding hydrogens is 256 g/mol. The molecule has 0 aromatic heterocycles. The van der Waals surface area contributed by atoms with Gasteiger partial charge < -0.3 is 4.74 Å². The molecule has 2 saturated carbocycles. The van der Waals surface area contributed by atoms with Crippen molar-refractivity contribution in [3.8, 4) is 0 Å². The van der Waals surface area contributed by atoms with Crippen molar-refractivity contribution in [1.82, 2.24) is 0 Å². The van der Waals surface area contributed by atoms with E-state index >= 15 is 0 Å². The summed E-state index contributed by atoms with van der Waals surface area (Å²) in [6, 6.07) is 0. The molecule has 0 unspecified atom stereocenters. The Morgan fingerprint density at radius 3 is 2.57 bits per heavy atom. The highest BCUT2D eigenvalue weighted by atomic mass is 16.6. The molecule has 3 fully saturated rings. The lowest BCUT2D eigenvalue weighted by Gasteiger charge is -2.59. The van der Waals surface area contributed by atoms with Crippen molar-refractivity contribution < 1.29 is 4.74 Å². The molecule has 3 aliphatic carbocycles. The van der Waals surface area contributed by atoms with Crippen LogP contribution in [0.2, 0.25) is 0 Å². The SMILES string of the molecule is CC1(C)CCC[C@]2(C)C3=CC[C@]4(C)O[C@@H]4C[C@]3(C)CC[C@@H]12. The Morgan fingerprint density at radius 1 is 1.05 bits per heavy atom. The summed E-state index contributed by atoms with van der Waals surface area (Å²) in [5.41, 5.74) is 3.35. The zero-order valence-electron chi connectivity index (χ0n) is 14.6. The molecule has 4 aliphatic rings. The average molecular weight is 288 g/mol. The van der Waals surface area contributed by atoms with Crippen LogP contribution in [0, 0.1) is 22.2 Å². The van der Waals surface area contributed by atoms with Crippen molar-refractivity contribution in [1.29, 1.82) is 0 Å². The third-order valence-electron chi connectivity index (χ3n) is 7.86. The van der Waals surface area contributed by atoms with Crippen molar-refractivity contribution in [2.75, 3.05) is 0 Å². The second-order valence-electron chi connectivity index (χ2n) is 9.86. The molecule has 0 spiro atoms. The van der Waals surface area contributed by atoms with E-state index in [9.17, 15) is 0 Å². The van der Waals surface area contributed by atoms with Gasteiger partial charge in [0.15, 0.2) is 0 Å². The highest BCUT2D eigenvalue weighted by Gasteiger charge is 2.61.